The Bertz CT molecular complexity index is 481. The Morgan fingerprint density at radius 3 is 2.17 bits per heavy atom. The number of carbonyl (C=O) groups is 2. The molecular weight excluding hydrogens is 244 g/mol. The molecule has 0 heterocycles. The quantitative estimate of drug-likeness (QED) is 0.703. The third-order valence-corrected chi connectivity index (χ3v) is 2.28. The van der Waals surface area contributed by atoms with Crippen LogP contribution in [0.3, 0.4) is 0 Å². The van der Waals surface area contributed by atoms with Crippen LogP contribution in [0.2, 0.25) is 0 Å². The normalized spacial score (nSPS) is 11.7. The zero-order valence-electron chi connectivity index (χ0n) is 9.71. The molecule has 0 aromatic heterocycles. The van der Waals surface area contributed by atoms with Gasteiger partial charge in [0.25, 0.3) is 0 Å². The summed E-state index contributed by atoms with van der Waals surface area (Å²) in [6, 6.07) is 2.21. The molecule has 0 bridgehead atoms. The first-order valence-corrected chi connectivity index (χ1v) is 4.82. The summed E-state index contributed by atoms with van der Waals surface area (Å²) >= 11 is 0. The molecule has 0 amide bonds. The van der Waals surface area contributed by atoms with Crippen molar-refractivity contribution in [1.82, 2.24) is 0 Å². The monoisotopic (exact) mass is 256 g/mol. The lowest BCUT2D eigenvalue weighted by atomic mass is 10.0. The molecule has 1 rings (SSSR count). The minimum Gasteiger partial charge on any atom is -0.493 e. The van der Waals surface area contributed by atoms with Crippen molar-refractivity contribution in [2.24, 2.45) is 0 Å². The molecule has 0 saturated carbocycles. The van der Waals surface area contributed by atoms with Gasteiger partial charge in [-0.25, -0.2) is 9.59 Å². The predicted octanol–water partition coefficient (Wildman–Crippen LogP) is 0.520. The molecule has 98 valence electrons. The molecule has 1 atom stereocenters. The Labute approximate surface area is 102 Å². The Kier molecular flexibility index (Phi) is 4.11. The van der Waals surface area contributed by atoms with Crippen molar-refractivity contribution in [3.8, 4) is 11.5 Å². The maximum absolute atomic E-state index is 10.9. The van der Waals surface area contributed by atoms with Gasteiger partial charge in [0.05, 0.1) is 19.8 Å². The summed E-state index contributed by atoms with van der Waals surface area (Å²) < 4.78 is 9.84. The highest BCUT2D eigenvalue weighted by molar-refractivity contribution is 5.90. The summed E-state index contributed by atoms with van der Waals surface area (Å²) in [5.74, 6) is -2.77. The van der Waals surface area contributed by atoms with E-state index in [0.717, 1.165) is 6.07 Å². The second-order valence-electron chi connectivity index (χ2n) is 3.35. The molecule has 3 N–H and O–H groups in total. The average Bonchev–Trinajstić information content (AvgIpc) is 2.35. The maximum Gasteiger partial charge on any atom is 0.337 e. The van der Waals surface area contributed by atoms with Gasteiger partial charge in [-0.15, -0.1) is 0 Å². The van der Waals surface area contributed by atoms with Crippen LogP contribution in [0, 0.1) is 0 Å². The highest BCUT2D eigenvalue weighted by Crippen LogP contribution is 2.36. The summed E-state index contributed by atoms with van der Waals surface area (Å²) in [5, 5.41) is 27.2. The Hall–Kier alpha value is -2.28. The van der Waals surface area contributed by atoms with Gasteiger partial charge in [0.15, 0.2) is 17.6 Å². The lowest BCUT2D eigenvalue weighted by Crippen LogP contribution is -2.13. The standard InChI is InChI=1S/C11H12O7/c1-17-7-4-5(10(13)14)3-6(9(7)18-2)8(12)11(15)16/h3-4,8,12H,1-2H3,(H,13,14)(H,15,16). The smallest absolute Gasteiger partial charge is 0.337 e. The van der Waals surface area contributed by atoms with Crippen molar-refractivity contribution < 1.29 is 34.4 Å². The van der Waals surface area contributed by atoms with E-state index >= 15 is 0 Å². The van der Waals surface area contributed by atoms with Crippen LogP contribution < -0.4 is 9.47 Å². The minimum atomic E-state index is -1.90. The Morgan fingerprint density at radius 1 is 1.17 bits per heavy atom. The number of hydrogen-bond donors (Lipinski definition) is 3. The number of benzene rings is 1. The lowest BCUT2D eigenvalue weighted by Gasteiger charge is -2.15. The molecular formula is C11H12O7. The van der Waals surface area contributed by atoms with Crippen molar-refractivity contribution in [3.63, 3.8) is 0 Å². The summed E-state index contributed by atoms with van der Waals surface area (Å²) in [6.45, 7) is 0. The van der Waals surface area contributed by atoms with Gasteiger partial charge in [0, 0.05) is 5.56 Å². The van der Waals surface area contributed by atoms with Crippen LogP contribution in [0.15, 0.2) is 12.1 Å². The molecule has 7 nitrogen and oxygen atoms in total. The summed E-state index contributed by atoms with van der Waals surface area (Å²) in [5.41, 5.74) is -0.385. The number of rotatable bonds is 5. The number of aliphatic carboxylic acids is 1. The summed E-state index contributed by atoms with van der Waals surface area (Å²) in [4.78, 5) is 21.6. The third-order valence-electron chi connectivity index (χ3n) is 2.28. The Balaban J connectivity index is 3.49. The van der Waals surface area contributed by atoms with E-state index in [9.17, 15) is 14.7 Å². The molecule has 1 unspecified atom stereocenters. The van der Waals surface area contributed by atoms with Gasteiger partial charge in [0.1, 0.15) is 0 Å². The van der Waals surface area contributed by atoms with Crippen LogP contribution in [-0.2, 0) is 4.79 Å². The van der Waals surface area contributed by atoms with Crippen molar-refractivity contribution >= 4 is 11.9 Å². The molecule has 0 aliphatic heterocycles. The minimum absolute atomic E-state index is 0.0163. The highest BCUT2D eigenvalue weighted by Gasteiger charge is 2.25. The highest BCUT2D eigenvalue weighted by atomic mass is 16.5. The second-order valence-corrected chi connectivity index (χ2v) is 3.35. The molecule has 0 saturated heterocycles. The third kappa shape index (κ3) is 2.51. The molecule has 1 aromatic rings. The van der Waals surface area contributed by atoms with Crippen molar-refractivity contribution in [3.05, 3.63) is 23.3 Å². The van der Waals surface area contributed by atoms with Gasteiger partial charge >= 0.3 is 11.9 Å². The molecule has 1 aromatic carbocycles. The fraction of sp³-hybridized carbons (Fsp3) is 0.273. The number of hydrogen-bond acceptors (Lipinski definition) is 5. The molecule has 0 aliphatic carbocycles. The predicted molar refractivity (Wildman–Crippen MR) is 59.1 cm³/mol. The van der Waals surface area contributed by atoms with Gasteiger partial charge in [-0.1, -0.05) is 0 Å². The molecule has 0 fully saturated rings. The fourth-order valence-electron chi connectivity index (χ4n) is 1.45. The van der Waals surface area contributed by atoms with Crippen LogP contribution in [0.4, 0.5) is 0 Å². The number of ether oxygens (including phenoxy) is 2. The number of aliphatic hydroxyl groups excluding tert-OH is 1. The van der Waals surface area contributed by atoms with Crippen LogP contribution >= 0.6 is 0 Å². The zero-order valence-corrected chi connectivity index (χ0v) is 9.71. The topological polar surface area (TPSA) is 113 Å². The number of carboxylic acids is 2. The van der Waals surface area contributed by atoms with Crippen LogP contribution in [0.1, 0.15) is 22.0 Å². The van der Waals surface area contributed by atoms with Crippen LogP contribution in [-0.4, -0.2) is 41.5 Å². The van der Waals surface area contributed by atoms with E-state index in [2.05, 4.69) is 0 Å². The van der Waals surface area contributed by atoms with Gasteiger partial charge in [0.2, 0.25) is 0 Å². The number of aromatic carboxylic acids is 1. The second kappa shape index (κ2) is 5.37. The fourth-order valence-corrected chi connectivity index (χ4v) is 1.45. The first-order chi connectivity index (χ1) is 8.42. The van der Waals surface area contributed by atoms with E-state index in [4.69, 9.17) is 19.7 Å². The summed E-state index contributed by atoms with van der Waals surface area (Å²) in [7, 11) is 2.54. The molecule has 18 heavy (non-hydrogen) atoms. The molecule has 0 spiro atoms. The van der Waals surface area contributed by atoms with Crippen molar-refractivity contribution in [1.29, 1.82) is 0 Å². The molecule has 0 radical (unpaired) electrons. The van der Waals surface area contributed by atoms with Gasteiger partial charge < -0.3 is 24.8 Å². The Morgan fingerprint density at radius 2 is 1.78 bits per heavy atom. The van der Waals surface area contributed by atoms with E-state index < -0.39 is 18.0 Å². The first kappa shape index (κ1) is 13.8. The van der Waals surface area contributed by atoms with E-state index in [1.807, 2.05) is 0 Å². The van der Waals surface area contributed by atoms with Crippen molar-refractivity contribution in [2.45, 2.75) is 6.10 Å². The number of methoxy groups -OCH3 is 2. The number of carboxylic acid groups (broad SMARTS) is 2. The van der Waals surface area contributed by atoms with Gasteiger partial charge in [-0.2, -0.15) is 0 Å². The van der Waals surface area contributed by atoms with E-state index in [1.165, 1.54) is 20.3 Å². The molecule has 0 aliphatic rings. The van der Waals surface area contributed by atoms with E-state index in [-0.39, 0.29) is 22.6 Å². The van der Waals surface area contributed by atoms with Crippen LogP contribution in [0.25, 0.3) is 0 Å². The zero-order chi connectivity index (χ0) is 13.9. The number of aliphatic hydroxyl groups is 1. The van der Waals surface area contributed by atoms with Gasteiger partial charge in [-0.05, 0) is 12.1 Å². The van der Waals surface area contributed by atoms with E-state index in [1.54, 1.807) is 0 Å². The molecule has 7 heteroatoms. The van der Waals surface area contributed by atoms with Crippen molar-refractivity contribution in [2.75, 3.05) is 14.2 Å². The largest absolute Gasteiger partial charge is 0.493 e. The van der Waals surface area contributed by atoms with Crippen LogP contribution in [0.5, 0.6) is 11.5 Å². The summed E-state index contributed by atoms with van der Waals surface area (Å²) in [6.07, 6.45) is -1.90. The van der Waals surface area contributed by atoms with E-state index in [0.29, 0.717) is 0 Å². The first-order valence-electron chi connectivity index (χ1n) is 4.82. The van der Waals surface area contributed by atoms with Gasteiger partial charge in [-0.3, -0.25) is 0 Å². The lowest BCUT2D eigenvalue weighted by molar-refractivity contribution is -0.147. The average molecular weight is 256 g/mol. The maximum atomic E-state index is 10.9. The SMILES string of the molecule is COc1cc(C(=O)O)cc(C(O)C(=O)O)c1OC.